The first kappa shape index (κ1) is 17.7. The van der Waals surface area contributed by atoms with E-state index in [4.69, 9.17) is 11.6 Å². The van der Waals surface area contributed by atoms with E-state index in [1.807, 2.05) is 42.0 Å². The van der Waals surface area contributed by atoms with Gasteiger partial charge in [-0.3, -0.25) is 0 Å². The summed E-state index contributed by atoms with van der Waals surface area (Å²) in [7, 11) is -3.61. The SMILES string of the molecule is Cc1ccc(S(=O)(=O)NCc2cccc(Cn3ccnc3)c2)cc1Cl. The van der Waals surface area contributed by atoms with Crippen LogP contribution in [0.2, 0.25) is 5.02 Å². The van der Waals surface area contributed by atoms with Crippen molar-refractivity contribution in [2.45, 2.75) is 24.9 Å². The Balaban J connectivity index is 1.71. The predicted octanol–water partition coefficient (Wildman–Crippen LogP) is 3.37. The number of benzene rings is 2. The Labute approximate surface area is 152 Å². The second kappa shape index (κ2) is 7.39. The van der Waals surface area contributed by atoms with Crippen LogP contribution in [0.1, 0.15) is 16.7 Å². The first-order valence-electron chi connectivity index (χ1n) is 7.73. The maximum atomic E-state index is 12.4. The summed E-state index contributed by atoms with van der Waals surface area (Å²) in [4.78, 5) is 4.18. The highest BCUT2D eigenvalue weighted by Crippen LogP contribution is 2.20. The summed E-state index contributed by atoms with van der Waals surface area (Å²) in [6.45, 7) is 2.73. The molecule has 130 valence electrons. The van der Waals surface area contributed by atoms with Gasteiger partial charge in [0.25, 0.3) is 0 Å². The first-order chi connectivity index (χ1) is 11.9. The van der Waals surface area contributed by atoms with Crippen LogP contribution in [0.4, 0.5) is 0 Å². The van der Waals surface area contributed by atoms with Gasteiger partial charge in [-0.25, -0.2) is 18.1 Å². The topological polar surface area (TPSA) is 64.0 Å². The quantitative estimate of drug-likeness (QED) is 0.718. The molecule has 0 saturated heterocycles. The molecule has 0 radical (unpaired) electrons. The Kier molecular flexibility index (Phi) is 5.22. The fourth-order valence-electron chi connectivity index (χ4n) is 2.43. The molecule has 7 heteroatoms. The normalized spacial score (nSPS) is 11.6. The van der Waals surface area contributed by atoms with E-state index in [2.05, 4.69) is 9.71 Å². The summed E-state index contributed by atoms with van der Waals surface area (Å²) in [6.07, 6.45) is 5.36. The zero-order valence-corrected chi connectivity index (χ0v) is 15.3. The molecule has 1 heterocycles. The van der Waals surface area contributed by atoms with E-state index in [9.17, 15) is 8.42 Å². The molecular formula is C18H18ClN3O2S. The fourth-order valence-corrected chi connectivity index (χ4v) is 3.72. The molecule has 0 saturated carbocycles. The third kappa shape index (κ3) is 4.48. The van der Waals surface area contributed by atoms with Crippen molar-refractivity contribution in [1.82, 2.24) is 14.3 Å². The summed E-state index contributed by atoms with van der Waals surface area (Å²) in [5.41, 5.74) is 2.81. The zero-order chi connectivity index (χ0) is 17.9. The Hall–Kier alpha value is -2.15. The first-order valence-corrected chi connectivity index (χ1v) is 9.59. The molecule has 0 bridgehead atoms. The van der Waals surface area contributed by atoms with Gasteiger partial charge < -0.3 is 4.57 Å². The van der Waals surface area contributed by atoms with Gasteiger partial charge in [-0.1, -0.05) is 41.9 Å². The standard InChI is InChI=1S/C18H18ClN3O2S/c1-14-5-6-17(10-18(14)19)25(23,24)21-11-15-3-2-4-16(9-15)12-22-8-7-20-13-22/h2-10,13,21H,11-12H2,1H3. The van der Waals surface area contributed by atoms with E-state index in [0.717, 1.165) is 16.7 Å². The minimum Gasteiger partial charge on any atom is -0.333 e. The van der Waals surface area contributed by atoms with Crippen LogP contribution in [0.15, 0.2) is 66.1 Å². The summed E-state index contributed by atoms with van der Waals surface area (Å²) >= 11 is 6.03. The number of halogens is 1. The summed E-state index contributed by atoms with van der Waals surface area (Å²) in [6, 6.07) is 12.5. The van der Waals surface area contributed by atoms with Crippen molar-refractivity contribution in [3.63, 3.8) is 0 Å². The maximum Gasteiger partial charge on any atom is 0.240 e. The highest BCUT2D eigenvalue weighted by Gasteiger charge is 2.14. The number of hydrogen-bond donors (Lipinski definition) is 1. The molecule has 5 nitrogen and oxygen atoms in total. The average molecular weight is 376 g/mol. The van der Waals surface area contributed by atoms with Crippen LogP contribution in [0.5, 0.6) is 0 Å². The van der Waals surface area contributed by atoms with Crippen LogP contribution in [0.3, 0.4) is 0 Å². The lowest BCUT2D eigenvalue weighted by Gasteiger charge is -2.10. The molecule has 3 rings (SSSR count). The molecule has 1 aromatic heterocycles. The van der Waals surface area contributed by atoms with E-state index in [-0.39, 0.29) is 11.4 Å². The molecule has 0 aliphatic carbocycles. The van der Waals surface area contributed by atoms with Crippen LogP contribution in [-0.4, -0.2) is 18.0 Å². The van der Waals surface area contributed by atoms with E-state index >= 15 is 0 Å². The second-order valence-corrected chi connectivity index (χ2v) is 7.96. The van der Waals surface area contributed by atoms with E-state index in [1.54, 1.807) is 24.7 Å². The molecule has 0 atom stereocenters. The number of imidazole rings is 1. The van der Waals surface area contributed by atoms with Crippen LogP contribution >= 0.6 is 11.6 Å². The molecule has 3 aromatic rings. The van der Waals surface area contributed by atoms with Crippen molar-refractivity contribution in [1.29, 1.82) is 0 Å². The number of hydrogen-bond acceptors (Lipinski definition) is 3. The fraction of sp³-hybridized carbons (Fsp3) is 0.167. The third-order valence-corrected chi connectivity index (χ3v) is 5.64. The number of nitrogens with one attached hydrogen (secondary N) is 1. The summed E-state index contributed by atoms with van der Waals surface area (Å²) in [5, 5.41) is 0.435. The Morgan fingerprint density at radius 2 is 1.96 bits per heavy atom. The van der Waals surface area contributed by atoms with E-state index < -0.39 is 10.0 Å². The molecular weight excluding hydrogens is 358 g/mol. The largest absolute Gasteiger partial charge is 0.333 e. The van der Waals surface area contributed by atoms with Crippen molar-refractivity contribution in [3.8, 4) is 0 Å². The van der Waals surface area contributed by atoms with Crippen LogP contribution in [-0.2, 0) is 23.1 Å². The molecule has 0 fully saturated rings. The summed E-state index contributed by atoms with van der Waals surface area (Å²) in [5.74, 6) is 0. The molecule has 0 unspecified atom stereocenters. The van der Waals surface area contributed by atoms with Gasteiger partial charge in [0, 0.05) is 30.5 Å². The minimum atomic E-state index is -3.61. The average Bonchev–Trinajstić information content (AvgIpc) is 3.09. The number of aromatic nitrogens is 2. The highest BCUT2D eigenvalue weighted by atomic mass is 35.5. The van der Waals surface area contributed by atoms with Gasteiger partial charge in [-0.05, 0) is 35.7 Å². The van der Waals surface area contributed by atoms with Gasteiger partial charge in [-0.15, -0.1) is 0 Å². The molecule has 0 aliphatic heterocycles. The van der Waals surface area contributed by atoms with Crippen LogP contribution in [0.25, 0.3) is 0 Å². The van der Waals surface area contributed by atoms with Crippen LogP contribution < -0.4 is 4.72 Å². The van der Waals surface area contributed by atoms with Gasteiger partial charge in [-0.2, -0.15) is 0 Å². The molecule has 1 N–H and O–H groups in total. The van der Waals surface area contributed by atoms with Crippen LogP contribution in [0, 0.1) is 6.92 Å². The van der Waals surface area contributed by atoms with Crippen molar-refractivity contribution < 1.29 is 8.42 Å². The smallest absolute Gasteiger partial charge is 0.240 e. The number of nitrogens with zero attached hydrogens (tertiary/aromatic N) is 2. The van der Waals surface area contributed by atoms with Crippen molar-refractivity contribution in [2.75, 3.05) is 0 Å². The predicted molar refractivity (Wildman–Crippen MR) is 98.0 cm³/mol. The number of rotatable bonds is 6. The third-order valence-electron chi connectivity index (χ3n) is 3.84. The second-order valence-electron chi connectivity index (χ2n) is 5.79. The lowest BCUT2D eigenvalue weighted by Crippen LogP contribution is -2.23. The summed E-state index contributed by atoms with van der Waals surface area (Å²) < 4.78 is 29.4. The lowest BCUT2D eigenvalue weighted by molar-refractivity contribution is 0.581. The van der Waals surface area contributed by atoms with Gasteiger partial charge >= 0.3 is 0 Å². The molecule has 0 spiro atoms. The van der Waals surface area contributed by atoms with E-state index in [0.29, 0.717) is 11.6 Å². The van der Waals surface area contributed by atoms with Gasteiger partial charge in [0.15, 0.2) is 0 Å². The lowest BCUT2D eigenvalue weighted by atomic mass is 10.1. The molecule has 0 amide bonds. The van der Waals surface area contributed by atoms with Gasteiger partial charge in [0.05, 0.1) is 11.2 Å². The van der Waals surface area contributed by atoms with E-state index in [1.165, 1.54) is 6.07 Å². The van der Waals surface area contributed by atoms with Gasteiger partial charge in [0.2, 0.25) is 10.0 Å². The Bertz CT molecular complexity index is 970. The van der Waals surface area contributed by atoms with Crippen molar-refractivity contribution in [2.24, 2.45) is 0 Å². The highest BCUT2D eigenvalue weighted by molar-refractivity contribution is 7.89. The maximum absolute atomic E-state index is 12.4. The minimum absolute atomic E-state index is 0.165. The molecule has 25 heavy (non-hydrogen) atoms. The van der Waals surface area contributed by atoms with Crippen molar-refractivity contribution >= 4 is 21.6 Å². The molecule has 0 aliphatic rings. The number of sulfonamides is 1. The Morgan fingerprint density at radius 1 is 1.16 bits per heavy atom. The van der Waals surface area contributed by atoms with Crippen molar-refractivity contribution in [3.05, 3.63) is 82.9 Å². The molecule has 2 aromatic carbocycles. The monoisotopic (exact) mass is 375 g/mol. The van der Waals surface area contributed by atoms with Gasteiger partial charge in [0.1, 0.15) is 0 Å². The zero-order valence-electron chi connectivity index (χ0n) is 13.7. The number of aryl methyl sites for hydroxylation is 1. The Morgan fingerprint density at radius 3 is 2.68 bits per heavy atom.